The summed E-state index contributed by atoms with van der Waals surface area (Å²) < 4.78 is 17.9. The first-order valence-electron chi connectivity index (χ1n) is 14.4. The summed E-state index contributed by atoms with van der Waals surface area (Å²) in [5, 5.41) is 18.3. The number of fused-ring (bicyclic) bond motifs is 1. The average molecular weight is 597 g/mol. The Balaban J connectivity index is 1.58. The fourth-order valence-electron chi connectivity index (χ4n) is 5.20. The summed E-state index contributed by atoms with van der Waals surface area (Å²) >= 11 is 0. The SMILES string of the molecule is CC(C)C(N)c1ccc(Nc2cc(-c3cccc(-n4ncc5cc(C(C)(C)C)cc(F)c5c4=O)c3CO)cn(C)c2=O)nc1. The van der Waals surface area contributed by atoms with Crippen LogP contribution in [0.25, 0.3) is 27.6 Å². The number of halogens is 1. The van der Waals surface area contributed by atoms with E-state index in [2.05, 4.69) is 15.4 Å². The van der Waals surface area contributed by atoms with E-state index in [0.717, 1.165) is 15.8 Å². The Morgan fingerprint density at radius 1 is 1.05 bits per heavy atom. The Hall–Kier alpha value is -4.67. The van der Waals surface area contributed by atoms with E-state index < -0.39 is 18.0 Å². The van der Waals surface area contributed by atoms with E-state index in [4.69, 9.17) is 5.73 Å². The van der Waals surface area contributed by atoms with Crippen molar-refractivity contribution in [1.29, 1.82) is 0 Å². The van der Waals surface area contributed by atoms with Crippen molar-refractivity contribution in [2.24, 2.45) is 18.7 Å². The molecule has 0 aliphatic heterocycles. The van der Waals surface area contributed by atoms with Crippen molar-refractivity contribution in [3.63, 3.8) is 0 Å². The molecular formula is C34H37FN6O3. The molecule has 5 rings (SSSR count). The number of aromatic nitrogens is 4. The van der Waals surface area contributed by atoms with Crippen LogP contribution in [0.4, 0.5) is 15.9 Å². The average Bonchev–Trinajstić information content (AvgIpc) is 2.98. The summed E-state index contributed by atoms with van der Waals surface area (Å²) in [6.45, 7) is 9.55. The minimum Gasteiger partial charge on any atom is -0.392 e. The number of aliphatic hydroxyl groups is 1. The summed E-state index contributed by atoms with van der Waals surface area (Å²) in [5.41, 5.74) is 8.80. The highest BCUT2D eigenvalue weighted by atomic mass is 19.1. The van der Waals surface area contributed by atoms with Gasteiger partial charge in [0.05, 0.1) is 23.9 Å². The first-order valence-corrected chi connectivity index (χ1v) is 14.4. The molecule has 228 valence electrons. The van der Waals surface area contributed by atoms with Gasteiger partial charge in [0, 0.05) is 42.0 Å². The second kappa shape index (κ2) is 11.8. The van der Waals surface area contributed by atoms with Gasteiger partial charge in [-0.2, -0.15) is 9.78 Å². The molecule has 4 N–H and O–H groups in total. The molecule has 44 heavy (non-hydrogen) atoms. The van der Waals surface area contributed by atoms with Crippen LogP contribution < -0.4 is 22.2 Å². The lowest BCUT2D eigenvalue weighted by atomic mass is 9.86. The van der Waals surface area contributed by atoms with Crippen LogP contribution in [0.5, 0.6) is 0 Å². The highest BCUT2D eigenvalue weighted by Crippen LogP contribution is 2.31. The Kier molecular flexibility index (Phi) is 8.24. The number of aryl methyl sites for hydroxylation is 1. The largest absolute Gasteiger partial charge is 0.392 e. The van der Waals surface area contributed by atoms with Crippen molar-refractivity contribution >= 4 is 22.3 Å². The van der Waals surface area contributed by atoms with E-state index >= 15 is 4.39 Å². The number of nitrogens with two attached hydrogens (primary N) is 1. The molecule has 3 aromatic heterocycles. The highest BCUT2D eigenvalue weighted by Gasteiger charge is 2.21. The van der Waals surface area contributed by atoms with Crippen LogP contribution in [0.2, 0.25) is 0 Å². The van der Waals surface area contributed by atoms with Crippen molar-refractivity contribution in [2.75, 3.05) is 5.32 Å². The maximum absolute atomic E-state index is 15.3. The topological polar surface area (TPSA) is 128 Å². The van der Waals surface area contributed by atoms with Crippen LogP contribution in [0.15, 0.2) is 76.7 Å². The van der Waals surface area contributed by atoms with Crippen molar-refractivity contribution in [3.8, 4) is 16.8 Å². The molecule has 3 heterocycles. The number of nitrogens with one attached hydrogen (secondary N) is 1. The molecule has 0 saturated carbocycles. The van der Waals surface area contributed by atoms with Gasteiger partial charge < -0.3 is 20.7 Å². The van der Waals surface area contributed by atoms with Crippen LogP contribution in [-0.4, -0.2) is 24.4 Å². The molecule has 0 radical (unpaired) electrons. The van der Waals surface area contributed by atoms with Gasteiger partial charge in [0.2, 0.25) is 0 Å². The number of pyridine rings is 2. The second-order valence-electron chi connectivity index (χ2n) is 12.4. The lowest BCUT2D eigenvalue weighted by Crippen LogP contribution is -2.24. The molecule has 1 unspecified atom stereocenters. The Morgan fingerprint density at radius 2 is 1.80 bits per heavy atom. The minimum absolute atomic E-state index is 0.0799. The van der Waals surface area contributed by atoms with Crippen LogP contribution in [-0.2, 0) is 19.1 Å². The normalized spacial score (nSPS) is 12.6. The van der Waals surface area contributed by atoms with Gasteiger partial charge in [-0.05, 0) is 58.4 Å². The zero-order chi connectivity index (χ0) is 31.9. The predicted molar refractivity (Wildman–Crippen MR) is 172 cm³/mol. The van der Waals surface area contributed by atoms with Gasteiger partial charge in [-0.15, -0.1) is 0 Å². The van der Waals surface area contributed by atoms with Gasteiger partial charge in [-0.1, -0.05) is 52.8 Å². The van der Waals surface area contributed by atoms with Gasteiger partial charge in [0.1, 0.15) is 17.3 Å². The van der Waals surface area contributed by atoms with Crippen LogP contribution in [0.1, 0.15) is 57.4 Å². The monoisotopic (exact) mass is 596 g/mol. The number of rotatable bonds is 7. The number of nitrogens with zero attached hydrogens (tertiary/aromatic N) is 4. The molecule has 0 bridgehead atoms. The van der Waals surface area contributed by atoms with Gasteiger partial charge in [0.15, 0.2) is 0 Å². The van der Waals surface area contributed by atoms with E-state index in [1.54, 1.807) is 55.8 Å². The minimum atomic E-state index is -0.637. The maximum atomic E-state index is 15.3. The van der Waals surface area contributed by atoms with E-state index in [0.29, 0.717) is 33.6 Å². The third kappa shape index (κ3) is 5.78. The summed E-state index contributed by atoms with van der Waals surface area (Å²) in [7, 11) is 1.63. The molecular weight excluding hydrogens is 559 g/mol. The molecule has 0 spiro atoms. The van der Waals surface area contributed by atoms with Crippen molar-refractivity contribution in [2.45, 2.75) is 52.7 Å². The molecule has 0 amide bonds. The van der Waals surface area contributed by atoms with Gasteiger partial charge >= 0.3 is 0 Å². The fraction of sp³-hybridized carbons (Fsp3) is 0.294. The third-order valence-electron chi connectivity index (χ3n) is 7.89. The van der Waals surface area contributed by atoms with E-state index in [1.807, 2.05) is 40.7 Å². The maximum Gasteiger partial charge on any atom is 0.282 e. The van der Waals surface area contributed by atoms with Gasteiger partial charge in [0.25, 0.3) is 11.1 Å². The Bertz CT molecular complexity index is 1970. The van der Waals surface area contributed by atoms with Gasteiger partial charge in [-0.25, -0.2) is 9.37 Å². The van der Waals surface area contributed by atoms with Crippen molar-refractivity contribution < 1.29 is 9.50 Å². The predicted octanol–water partition coefficient (Wildman–Crippen LogP) is 5.47. The van der Waals surface area contributed by atoms with E-state index in [-0.39, 0.29) is 34.0 Å². The number of hydrogen-bond acceptors (Lipinski definition) is 7. The Labute approximate surface area is 254 Å². The van der Waals surface area contributed by atoms with E-state index in [1.165, 1.54) is 16.8 Å². The zero-order valence-electron chi connectivity index (χ0n) is 25.7. The molecule has 1 atom stereocenters. The second-order valence-corrected chi connectivity index (χ2v) is 12.4. The molecule has 10 heteroatoms. The molecule has 5 aromatic rings. The summed E-state index contributed by atoms with van der Waals surface area (Å²) in [6, 6.07) is 13.5. The summed E-state index contributed by atoms with van der Waals surface area (Å²) in [5.74, 6) is 0.0904. The number of anilines is 2. The van der Waals surface area contributed by atoms with Crippen molar-refractivity contribution in [3.05, 3.63) is 110 Å². The standard InChI is InChI=1S/C34H37FN6O3/c1-19(2)31(36)20-10-11-29(37-15-20)39-27-13-22(17-40(6)32(27)43)24-8-7-9-28(25(24)18-42)41-33(44)30-21(16-38-41)12-23(14-26(30)35)34(3,4)5/h7-17,19,31,42H,18,36H2,1-6H3,(H,37,39). The molecule has 2 aromatic carbocycles. The molecule has 0 aliphatic rings. The van der Waals surface area contributed by atoms with Crippen LogP contribution in [0, 0.1) is 11.7 Å². The summed E-state index contributed by atoms with van der Waals surface area (Å²) in [4.78, 5) is 31.1. The first-order chi connectivity index (χ1) is 20.8. The number of benzene rings is 2. The Morgan fingerprint density at radius 3 is 2.43 bits per heavy atom. The third-order valence-corrected chi connectivity index (χ3v) is 7.89. The van der Waals surface area contributed by atoms with E-state index in [9.17, 15) is 14.7 Å². The number of aliphatic hydroxyl groups excluding tert-OH is 1. The van der Waals surface area contributed by atoms with Gasteiger partial charge in [-0.3, -0.25) is 9.59 Å². The fourth-order valence-corrected chi connectivity index (χ4v) is 5.20. The van der Waals surface area contributed by atoms with Crippen LogP contribution >= 0.6 is 0 Å². The first kappa shape index (κ1) is 30.8. The molecule has 0 fully saturated rings. The number of hydrogen-bond donors (Lipinski definition) is 3. The molecule has 0 aliphatic carbocycles. The lowest BCUT2D eigenvalue weighted by molar-refractivity contribution is 0.282. The lowest BCUT2D eigenvalue weighted by Gasteiger charge is -2.20. The highest BCUT2D eigenvalue weighted by molar-refractivity contribution is 5.83. The molecule has 0 saturated heterocycles. The zero-order valence-corrected chi connectivity index (χ0v) is 25.7. The van der Waals surface area contributed by atoms with Crippen molar-refractivity contribution in [1.82, 2.24) is 19.3 Å². The summed E-state index contributed by atoms with van der Waals surface area (Å²) in [6.07, 6.45) is 4.80. The molecule has 9 nitrogen and oxygen atoms in total. The van der Waals surface area contributed by atoms with Crippen LogP contribution in [0.3, 0.4) is 0 Å². The quantitative estimate of drug-likeness (QED) is 0.227. The smallest absolute Gasteiger partial charge is 0.282 e.